The number of piperidine rings is 1. The molecular formula is C13H25N3O. The number of carbonyl (C=O) groups is 1. The highest BCUT2D eigenvalue weighted by Crippen LogP contribution is 2.15. The van der Waals surface area contributed by atoms with Crippen molar-refractivity contribution in [3.8, 4) is 0 Å². The van der Waals surface area contributed by atoms with E-state index in [0.717, 1.165) is 26.1 Å². The lowest BCUT2D eigenvalue weighted by Crippen LogP contribution is -2.49. The molecule has 98 valence electrons. The first kappa shape index (κ1) is 12.8. The van der Waals surface area contributed by atoms with Gasteiger partial charge in [-0.2, -0.15) is 0 Å². The van der Waals surface area contributed by atoms with E-state index in [1.807, 2.05) is 0 Å². The third kappa shape index (κ3) is 3.42. The van der Waals surface area contributed by atoms with E-state index in [1.165, 1.54) is 32.2 Å². The molecule has 0 aromatic carbocycles. The van der Waals surface area contributed by atoms with E-state index in [4.69, 9.17) is 0 Å². The fraction of sp³-hybridized carbons (Fsp3) is 0.923. The summed E-state index contributed by atoms with van der Waals surface area (Å²) in [6.45, 7) is 6.30. The molecular weight excluding hydrogens is 214 g/mol. The molecule has 4 heteroatoms. The van der Waals surface area contributed by atoms with Gasteiger partial charge in [0.1, 0.15) is 0 Å². The van der Waals surface area contributed by atoms with E-state index in [9.17, 15) is 4.79 Å². The first-order valence-electron chi connectivity index (χ1n) is 7.06. The van der Waals surface area contributed by atoms with Crippen LogP contribution in [0.25, 0.3) is 0 Å². The minimum atomic E-state index is 0.0558. The average Bonchev–Trinajstić information content (AvgIpc) is 2.84. The fourth-order valence-electron chi connectivity index (χ4n) is 2.96. The molecule has 2 atom stereocenters. The Labute approximate surface area is 104 Å². The Morgan fingerprint density at radius 1 is 1.35 bits per heavy atom. The highest BCUT2D eigenvalue weighted by atomic mass is 16.2. The van der Waals surface area contributed by atoms with Gasteiger partial charge >= 0.3 is 0 Å². The molecule has 0 radical (unpaired) electrons. The van der Waals surface area contributed by atoms with Gasteiger partial charge < -0.3 is 10.6 Å². The molecule has 2 saturated heterocycles. The van der Waals surface area contributed by atoms with Gasteiger partial charge in [-0.15, -0.1) is 0 Å². The Hall–Kier alpha value is -0.610. The van der Waals surface area contributed by atoms with E-state index < -0.39 is 0 Å². The molecule has 2 aliphatic rings. The van der Waals surface area contributed by atoms with Crippen molar-refractivity contribution in [3.05, 3.63) is 0 Å². The molecule has 17 heavy (non-hydrogen) atoms. The maximum atomic E-state index is 12.0. The van der Waals surface area contributed by atoms with E-state index in [0.29, 0.717) is 6.04 Å². The summed E-state index contributed by atoms with van der Waals surface area (Å²) in [4.78, 5) is 14.4. The van der Waals surface area contributed by atoms with Gasteiger partial charge in [0, 0.05) is 12.6 Å². The highest BCUT2D eigenvalue weighted by Gasteiger charge is 2.25. The van der Waals surface area contributed by atoms with Gasteiger partial charge in [0.2, 0.25) is 5.91 Å². The number of hydrogen-bond acceptors (Lipinski definition) is 3. The van der Waals surface area contributed by atoms with Crippen LogP contribution in [-0.4, -0.2) is 49.1 Å². The predicted octanol–water partition coefficient (Wildman–Crippen LogP) is 0.729. The molecule has 0 aromatic rings. The summed E-state index contributed by atoms with van der Waals surface area (Å²) < 4.78 is 0. The molecule has 0 bridgehead atoms. The second kappa shape index (κ2) is 6.36. The normalized spacial score (nSPS) is 30.4. The van der Waals surface area contributed by atoms with Crippen LogP contribution in [0.1, 0.15) is 39.0 Å². The van der Waals surface area contributed by atoms with Crippen LogP contribution in [0.3, 0.4) is 0 Å². The van der Waals surface area contributed by atoms with Gasteiger partial charge in [-0.05, 0) is 45.3 Å². The van der Waals surface area contributed by atoms with E-state index in [-0.39, 0.29) is 11.9 Å². The Kier molecular flexibility index (Phi) is 4.80. The molecule has 0 aromatic heterocycles. The molecule has 0 saturated carbocycles. The van der Waals surface area contributed by atoms with Crippen LogP contribution >= 0.6 is 0 Å². The number of hydrogen-bond donors (Lipinski definition) is 2. The van der Waals surface area contributed by atoms with Gasteiger partial charge in [0.25, 0.3) is 0 Å². The fourth-order valence-corrected chi connectivity index (χ4v) is 2.96. The van der Waals surface area contributed by atoms with E-state index in [2.05, 4.69) is 22.5 Å². The molecule has 2 fully saturated rings. The smallest absolute Gasteiger partial charge is 0.237 e. The largest absolute Gasteiger partial charge is 0.353 e. The third-order valence-corrected chi connectivity index (χ3v) is 4.04. The van der Waals surface area contributed by atoms with Crippen LogP contribution < -0.4 is 10.6 Å². The summed E-state index contributed by atoms with van der Waals surface area (Å²) in [5, 5.41) is 6.41. The van der Waals surface area contributed by atoms with Crippen molar-refractivity contribution in [3.63, 3.8) is 0 Å². The summed E-state index contributed by atoms with van der Waals surface area (Å²) in [5.41, 5.74) is 0. The minimum Gasteiger partial charge on any atom is -0.353 e. The molecule has 1 amide bonds. The van der Waals surface area contributed by atoms with Crippen molar-refractivity contribution >= 4 is 5.91 Å². The molecule has 2 unspecified atom stereocenters. The van der Waals surface area contributed by atoms with Gasteiger partial charge in [-0.3, -0.25) is 9.69 Å². The number of carbonyl (C=O) groups excluding carboxylic acids is 1. The first-order valence-corrected chi connectivity index (χ1v) is 7.06. The van der Waals surface area contributed by atoms with Crippen molar-refractivity contribution in [1.82, 2.24) is 15.5 Å². The molecule has 2 heterocycles. The monoisotopic (exact) mass is 239 g/mol. The lowest BCUT2D eigenvalue weighted by molar-refractivity contribution is -0.123. The second-order valence-electron chi connectivity index (χ2n) is 5.17. The quantitative estimate of drug-likeness (QED) is 0.760. The van der Waals surface area contributed by atoms with Crippen LogP contribution in [0.4, 0.5) is 0 Å². The summed E-state index contributed by atoms with van der Waals surface area (Å²) in [5.74, 6) is 0.202. The van der Waals surface area contributed by atoms with E-state index >= 15 is 0 Å². The molecule has 0 spiro atoms. The van der Waals surface area contributed by atoms with Crippen molar-refractivity contribution in [1.29, 1.82) is 0 Å². The lowest BCUT2D eigenvalue weighted by atomic mass is 10.0. The molecule has 4 nitrogen and oxygen atoms in total. The zero-order valence-corrected chi connectivity index (χ0v) is 10.9. The average molecular weight is 239 g/mol. The molecule has 2 N–H and O–H groups in total. The van der Waals surface area contributed by atoms with Crippen molar-refractivity contribution in [2.45, 2.75) is 51.1 Å². The van der Waals surface area contributed by atoms with Gasteiger partial charge in [0.05, 0.1) is 6.04 Å². The summed E-state index contributed by atoms with van der Waals surface area (Å²) >= 11 is 0. The van der Waals surface area contributed by atoms with E-state index in [1.54, 1.807) is 0 Å². The Bertz CT molecular complexity index is 251. The number of likely N-dealkylation sites (N-methyl/N-ethyl adjacent to an activating group) is 1. The molecule has 2 aliphatic heterocycles. The number of rotatable bonds is 4. The van der Waals surface area contributed by atoms with Crippen LogP contribution in [0.2, 0.25) is 0 Å². The Morgan fingerprint density at radius 2 is 2.24 bits per heavy atom. The number of amides is 1. The predicted molar refractivity (Wildman–Crippen MR) is 68.9 cm³/mol. The van der Waals surface area contributed by atoms with Crippen LogP contribution in [0.5, 0.6) is 0 Å². The zero-order chi connectivity index (χ0) is 12.1. The maximum Gasteiger partial charge on any atom is 0.237 e. The standard InChI is InChI=1S/C13H25N3O/c1-2-16-9-5-6-11(16)10-15-13(17)12-7-3-4-8-14-12/h11-12,14H,2-10H2,1H3,(H,15,17). The number of likely N-dealkylation sites (tertiary alicyclic amines) is 1. The van der Waals surface area contributed by atoms with Gasteiger partial charge in [-0.1, -0.05) is 13.3 Å². The SMILES string of the molecule is CCN1CCCC1CNC(=O)C1CCCCN1. The topological polar surface area (TPSA) is 44.4 Å². The summed E-state index contributed by atoms with van der Waals surface area (Å²) in [7, 11) is 0. The van der Waals surface area contributed by atoms with Crippen molar-refractivity contribution < 1.29 is 4.79 Å². The second-order valence-corrected chi connectivity index (χ2v) is 5.17. The molecule has 0 aliphatic carbocycles. The zero-order valence-electron chi connectivity index (χ0n) is 10.9. The van der Waals surface area contributed by atoms with Gasteiger partial charge in [-0.25, -0.2) is 0 Å². The number of nitrogens with zero attached hydrogens (tertiary/aromatic N) is 1. The Balaban J connectivity index is 1.71. The lowest BCUT2D eigenvalue weighted by Gasteiger charge is -2.26. The number of nitrogens with one attached hydrogen (secondary N) is 2. The van der Waals surface area contributed by atoms with Crippen molar-refractivity contribution in [2.24, 2.45) is 0 Å². The summed E-state index contributed by atoms with van der Waals surface area (Å²) in [6.07, 6.45) is 5.88. The third-order valence-electron chi connectivity index (χ3n) is 4.04. The van der Waals surface area contributed by atoms with Crippen LogP contribution in [-0.2, 0) is 4.79 Å². The summed E-state index contributed by atoms with van der Waals surface area (Å²) in [6, 6.07) is 0.618. The maximum absolute atomic E-state index is 12.0. The molecule has 2 rings (SSSR count). The minimum absolute atomic E-state index is 0.0558. The van der Waals surface area contributed by atoms with Crippen LogP contribution in [0, 0.1) is 0 Å². The van der Waals surface area contributed by atoms with Crippen molar-refractivity contribution in [2.75, 3.05) is 26.2 Å². The van der Waals surface area contributed by atoms with Gasteiger partial charge in [0.15, 0.2) is 0 Å². The highest BCUT2D eigenvalue weighted by molar-refractivity contribution is 5.81. The first-order chi connectivity index (χ1) is 8.31. The Morgan fingerprint density at radius 3 is 2.94 bits per heavy atom. The van der Waals surface area contributed by atoms with Crippen LogP contribution in [0.15, 0.2) is 0 Å².